The molecule has 5 aromatic rings. The van der Waals surface area contributed by atoms with Gasteiger partial charge in [-0.15, -0.1) is 0 Å². The minimum Gasteiger partial charge on any atom is -0.490 e. The highest BCUT2D eigenvalue weighted by molar-refractivity contribution is 5.95. The van der Waals surface area contributed by atoms with Crippen LogP contribution in [0.2, 0.25) is 0 Å². The predicted molar refractivity (Wildman–Crippen MR) is 130 cm³/mol. The summed E-state index contributed by atoms with van der Waals surface area (Å²) in [6.07, 6.45) is 3.25. The molecule has 3 heterocycles. The van der Waals surface area contributed by atoms with Crippen LogP contribution < -0.4 is 16.2 Å². The van der Waals surface area contributed by atoms with Crippen LogP contribution in [0.4, 0.5) is 5.82 Å². The maximum absolute atomic E-state index is 6.11. The third-order valence-corrected chi connectivity index (χ3v) is 5.58. The molecule has 0 aliphatic heterocycles. The molecule has 5 rings (SSSR count). The van der Waals surface area contributed by atoms with Gasteiger partial charge in [0.15, 0.2) is 23.1 Å². The van der Waals surface area contributed by atoms with E-state index in [4.69, 9.17) is 30.8 Å². The minimum absolute atomic E-state index is 0.177. The number of anilines is 1. The maximum Gasteiger partial charge on any atom is 0.199 e. The number of hydrogen-bond acceptors (Lipinski definition) is 8. The summed E-state index contributed by atoms with van der Waals surface area (Å²) < 4.78 is 13.1. The quantitative estimate of drug-likeness (QED) is 0.322. The van der Waals surface area contributed by atoms with Gasteiger partial charge in [0.25, 0.3) is 0 Å². The average Bonchev–Trinajstić information content (AvgIpc) is 3.47. The molecular weight excluding hydrogens is 430 g/mol. The second-order valence-corrected chi connectivity index (χ2v) is 7.85. The highest BCUT2D eigenvalue weighted by atomic mass is 16.6. The first-order valence-electron chi connectivity index (χ1n) is 11.2. The average molecular weight is 456 g/mol. The number of nitrogen functional groups attached to an aromatic ring is 1. The van der Waals surface area contributed by atoms with Crippen LogP contribution in [-0.2, 0) is 13.0 Å². The van der Waals surface area contributed by atoms with E-state index in [2.05, 4.69) is 27.0 Å². The number of benzene rings is 2. The second kappa shape index (κ2) is 9.72. The number of imidazole rings is 1. The molecule has 0 aliphatic carbocycles. The van der Waals surface area contributed by atoms with Crippen LogP contribution in [0.25, 0.3) is 33.8 Å². The summed E-state index contributed by atoms with van der Waals surface area (Å²) in [7, 11) is 0. The number of nitrogens with two attached hydrogens (primary N) is 2. The first-order chi connectivity index (χ1) is 16.8. The number of rotatable bonds is 9. The monoisotopic (exact) mass is 455 g/mol. The van der Waals surface area contributed by atoms with Gasteiger partial charge in [-0.2, -0.15) is 0 Å². The number of hydrogen-bond donors (Lipinski definition) is 2. The van der Waals surface area contributed by atoms with Gasteiger partial charge in [-0.3, -0.25) is 0 Å². The van der Waals surface area contributed by atoms with E-state index in [0.29, 0.717) is 42.5 Å². The number of fused-ring (bicyclic) bond motifs is 1. The van der Waals surface area contributed by atoms with Crippen molar-refractivity contribution in [2.45, 2.75) is 19.4 Å². The highest BCUT2D eigenvalue weighted by Crippen LogP contribution is 2.36. The Hall–Kier alpha value is -4.24. The lowest BCUT2D eigenvalue weighted by Gasteiger charge is -2.13. The standard InChI is InChI=1S/C25H25N7O2/c26-13-7-15-33-19-16-28-20(18-10-5-2-6-11-18)21-23(19)32(14-12-17-8-3-1-4-9-17)25(29-21)22-24(27)31-34-30-22/h1-6,8-11,16H,7,12-15,26H2,(H2,27,31). The number of nitrogens with zero attached hydrogens (tertiary/aromatic N) is 5. The summed E-state index contributed by atoms with van der Waals surface area (Å²) in [6, 6.07) is 20.2. The van der Waals surface area contributed by atoms with Crippen molar-refractivity contribution in [3.63, 3.8) is 0 Å². The molecule has 0 fully saturated rings. The van der Waals surface area contributed by atoms with E-state index in [0.717, 1.165) is 29.6 Å². The van der Waals surface area contributed by atoms with Crippen LogP contribution in [0.1, 0.15) is 12.0 Å². The molecule has 3 aromatic heterocycles. The number of pyridine rings is 1. The Labute approximate surface area is 196 Å². The smallest absolute Gasteiger partial charge is 0.199 e. The van der Waals surface area contributed by atoms with Gasteiger partial charge in [0.1, 0.15) is 11.0 Å². The molecule has 34 heavy (non-hydrogen) atoms. The number of aryl methyl sites for hydroxylation is 2. The van der Waals surface area contributed by atoms with Crippen molar-refractivity contribution in [1.29, 1.82) is 0 Å². The zero-order chi connectivity index (χ0) is 23.3. The Bertz CT molecular complexity index is 1380. The summed E-state index contributed by atoms with van der Waals surface area (Å²) in [5.74, 6) is 1.36. The number of ether oxygens (including phenoxy) is 1. The normalized spacial score (nSPS) is 11.2. The minimum atomic E-state index is 0.177. The van der Waals surface area contributed by atoms with Gasteiger partial charge >= 0.3 is 0 Å². The number of aromatic nitrogens is 5. The SMILES string of the molecule is NCCCOc1cnc(-c2ccccc2)c2nc(-c3nonc3N)n(CCc3ccccc3)c12. The Balaban J connectivity index is 1.71. The van der Waals surface area contributed by atoms with E-state index in [1.165, 1.54) is 5.56 Å². The molecule has 4 N–H and O–H groups in total. The topological polar surface area (TPSA) is 131 Å². The highest BCUT2D eigenvalue weighted by Gasteiger charge is 2.24. The molecule has 0 amide bonds. The van der Waals surface area contributed by atoms with E-state index in [1.807, 2.05) is 48.5 Å². The third kappa shape index (κ3) is 4.20. The molecule has 9 heteroatoms. The molecule has 172 valence electrons. The van der Waals surface area contributed by atoms with Gasteiger partial charge in [-0.05, 0) is 35.3 Å². The molecule has 0 bridgehead atoms. The van der Waals surface area contributed by atoms with Crippen molar-refractivity contribution in [3.05, 3.63) is 72.4 Å². The Morgan fingerprint density at radius 1 is 0.941 bits per heavy atom. The summed E-state index contributed by atoms with van der Waals surface area (Å²) >= 11 is 0. The van der Waals surface area contributed by atoms with Crippen LogP contribution in [0.3, 0.4) is 0 Å². The Morgan fingerprint density at radius 3 is 2.41 bits per heavy atom. The van der Waals surface area contributed by atoms with E-state index >= 15 is 0 Å². The van der Waals surface area contributed by atoms with E-state index in [9.17, 15) is 0 Å². The molecule has 9 nitrogen and oxygen atoms in total. The molecule has 0 saturated carbocycles. The largest absolute Gasteiger partial charge is 0.490 e. The van der Waals surface area contributed by atoms with Crippen LogP contribution >= 0.6 is 0 Å². The Kier molecular flexibility index (Phi) is 6.17. The van der Waals surface area contributed by atoms with Gasteiger partial charge in [0.2, 0.25) is 0 Å². The summed E-state index contributed by atoms with van der Waals surface area (Å²) in [6.45, 7) is 1.64. The third-order valence-electron chi connectivity index (χ3n) is 5.58. The van der Waals surface area contributed by atoms with Crippen molar-refractivity contribution in [3.8, 4) is 28.5 Å². The van der Waals surface area contributed by atoms with Gasteiger partial charge in [-0.1, -0.05) is 60.7 Å². The van der Waals surface area contributed by atoms with Crippen LogP contribution in [-0.4, -0.2) is 38.0 Å². The summed E-state index contributed by atoms with van der Waals surface area (Å²) in [5, 5.41) is 7.80. The van der Waals surface area contributed by atoms with Crippen LogP contribution in [0.15, 0.2) is 71.5 Å². The maximum atomic E-state index is 6.11. The van der Waals surface area contributed by atoms with E-state index < -0.39 is 0 Å². The summed E-state index contributed by atoms with van der Waals surface area (Å²) in [5.41, 5.74) is 16.6. The lowest BCUT2D eigenvalue weighted by atomic mass is 10.1. The fourth-order valence-electron chi connectivity index (χ4n) is 3.93. The lowest BCUT2D eigenvalue weighted by molar-refractivity contribution is 0.310. The van der Waals surface area contributed by atoms with E-state index in [-0.39, 0.29) is 5.82 Å². The molecule has 0 radical (unpaired) electrons. The summed E-state index contributed by atoms with van der Waals surface area (Å²) in [4.78, 5) is 9.66. The van der Waals surface area contributed by atoms with Crippen molar-refractivity contribution >= 4 is 16.9 Å². The molecule has 0 saturated heterocycles. The lowest BCUT2D eigenvalue weighted by Crippen LogP contribution is -2.09. The van der Waals surface area contributed by atoms with Crippen molar-refractivity contribution in [2.75, 3.05) is 18.9 Å². The fraction of sp³-hybridized carbons (Fsp3) is 0.200. The fourth-order valence-corrected chi connectivity index (χ4v) is 3.93. The van der Waals surface area contributed by atoms with Gasteiger partial charge in [0, 0.05) is 12.1 Å². The molecule has 0 atom stereocenters. The van der Waals surface area contributed by atoms with Crippen molar-refractivity contribution < 1.29 is 9.37 Å². The van der Waals surface area contributed by atoms with Gasteiger partial charge in [-0.25, -0.2) is 14.6 Å². The first-order valence-corrected chi connectivity index (χ1v) is 11.2. The molecule has 0 spiro atoms. The van der Waals surface area contributed by atoms with E-state index in [1.54, 1.807) is 6.20 Å². The van der Waals surface area contributed by atoms with Gasteiger partial charge < -0.3 is 20.8 Å². The van der Waals surface area contributed by atoms with Crippen molar-refractivity contribution in [1.82, 2.24) is 24.8 Å². The first kappa shape index (κ1) is 21.6. The zero-order valence-electron chi connectivity index (χ0n) is 18.6. The van der Waals surface area contributed by atoms with Crippen LogP contribution in [0.5, 0.6) is 5.75 Å². The molecule has 2 aromatic carbocycles. The second-order valence-electron chi connectivity index (χ2n) is 7.85. The Morgan fingerprint density at radius 2 is 1.71 bits per heavy atom. The molecular formula is C25H25N7O2. The van der Waals surface area contributed by atoms with Crippen molar-refractivity contribution in [2.24, 2.45) is 5.73 Å². The van der Waals surface area contributed by atoms with Crippen LogP contribution in [0, 0.1) is 0 Å². The molecule has 0 unspecified atom stereocenters. The van der Waals surface area contributed by atoms with Gasteiger partial charge in [0.05, 0.1) is 18.5 Å². The zero-order valence-corrected chi connectivity index (χ0v) is 18.6. The predicted octanol–water partition coefficient (Wildman–Crippen LogP) is 3.70. The molecule has 0 aliphatic rings.